The molecule has 0 aromatic carbocycles. The van der Waals surface area contributed by atoms with Gasteiger partial charge in [-0.15, -0.1) is 0 Å². The fourth-order valence-electron chi connectivity index (χ4n) is 2.32. The van der Waals surface area contributed by atoms with Crippen molar-refractivity contribution in [1.29, 1.82) is 0 Å². The van der Waals surface area contributed by atoms with E-state index in [0.717, 1.165) is 12.8 Å². The summed E-state index contributed by atoms with van der Waals surface area (Å²) < 4.78 is 0. The molecule has 1 atom stereocenters. The highest BCUT2D eigenvalue weighted by Crippen LogP contribution is 2.29. The van der Waals surface area contributed by atoms with Gasteiger partial charge in [0, 0.05) is 24.1 Å². The number of nitrogens with zero attached hydrogens (tertiary/aromatic N) is 2. The first-order chi connectivity index (χ1) is 6.68. The van der Waals surface area contributed by atoms with Gasteiger partial charge in [0.15, 0.2) is 0 Å². The first-order valence-corrected chi connectivity index (χ1v) is 5.58. The predicted molar refractivity (Wildman–Crippen MR) is 56.0 cm³/mol. The smallest absolute Gasteiger partial charge is 0.243 e. The largest absolute Gasteiger partial charge is 0.273 e. The maximum absolute atomic E-state index is 11.7. The molecule has 3 heteroatoms. The van der Waals surface area contributed by atoms with Crippen molar-refractivity contribution >= 4 is 11.6 Å². The molecule has 1 aliphatic carbocycles. The Kier molecular flexibility index (Phi) is 2.57. The number of hydrogen-bond donors (Lipinski definition) is 0. The monoisotopic (exact) mass is 194 g/mol. The van der Waals surface area contributed by atoms with Crippen LogP contribution in [0.5, 0.6) is 0 Å². The van der Waals surface area contributed by atoms with E-state index in [1.54, 1.807) is 5.01 Å². The number of amides is 1. The van der Waals surface area contributed by atoms with Crippen LogP contribution in [0.15, 0.2) is 5.10 Å². The lowest BCUT2D eigenvalue weighted by Crippen LogP contribution is -2.41. The summed E-state index contributed by atoms with van der Waals surface area (Å²) in [5.74, 6) is 0.668. The number of hydrazone groups is 1. The van der Waals surface area contributed by atoms with Crippen LogP contribution in [-0.2, 0) is 4.79 Å². The molecule has 0 saturated heterocycles. The fourth-order valence-corrected chi connectivity index (χ4v) is 2.32. The number of rotatable bonds is 1. The van der Waals surface area contributed by atoms with Gasteiger partial charge in [-0.3, -0.25) is 4.79 Å². The van der Waals surface area contributed by atoms with Crippen LogP contribution in [0.1, 0.15) is 46.0 Å². The van der Waals surface area contributed by atoms with Gasteiger partial charge in [-0.05, 0) is 33.1 Å². The third-order valence-corrected chi connectivity index (χ3v) is 3.11. The van der Waals surface area contributed by atoms with Crippen LogP contribution in [0, 0.1) is 5.92 Å². The Balaban J connectivity index is 2.19. The highest BCUT2D eigenvalue weighted by Gasteiger charge is 2.31. The summed E-state index contributed by atoms with van der Waals surface area (Å²) >= 11 is 0. The van der Waals surface area contributed by atoms with Gasteiger partial charge in [0.25, 0.3) is 0 Å². The van der Waals surface area contributed by atoms with Gasteiger partial charge < -0.3 is 0 Å². The fraction of sp³-hybridized carbons (Fsp3) is 0.818. The summed E-state index contributed by atoms with van der Waals surface area (Å²) in [4.78, 5) is 11.7. The van der Waals surface area contributed by atoms with Gasteiger partial charge in [-0.2, -0.15) is 5.10 Å². The van der Waals surface area contributed by atoms with E-state index in [1.165, 1.54) is 18.6 Å². The molecule has 0 bridgehead atoms. The van der Waals surface area contributed by atoms with Crippen molar-refractivity contribution in [2.75, 3.05) is 0 Å². The first kappa shape index (κ1) is 9.69. The van der Waals surface area contributed by atoms with Crippen LogP contribution in [-0.4, -0.2) is 22.7 Å². The molecule has 1 aliphatic heterocycles. The lowest BCUT2D eigenvalue weighted by atomic mass is 9.84. The molecule has 1 fully saturated rings. The third-order valence-electron chi connectivity index (χ3n) is 3.11. The van der Waals surface area contributed by atoms with E-state index in [2.05, 4.69) is 5.10 Å². The van der Waals surface area contributed by atoms with Gasteiger partial charge in [0.05, 0.1) is 0 Å². The van der Waals surface area contributed by atoms with Crippen molar-refractivity contribution < 1.29 is 4.79 Å². The predicted octanol–water partition coefficient (Wildman–Crippen LogP) is 2.17. The topological polar surface area (TPSA) is 32.7 Å². The molecule has 1 amide bonds. The minimum absolute atomic E-state index is 0.204. The zero-order valence-electron chi connectivity index (χ0n) is 8.99. The van der Waals surface area contributed by atoms with E-state index in [4.69, 9.17) is 0 Å². The van der Waals surface area contributed by atoms with Gasteiger partial charge in [-0.1, -0.05) is 6.42 Å². The number of fused-ring (bicyclic) bond motifs is 1. The SMILES string of the molecule is CC(C)N1N=C2CCCCC2CC1=O. The maximum atomic E-state index is 11.7. The zero-order chi connectivity index (χ0) is 10.1. The number of carbonyl (C=O) groups is 1. The van der Waals surface area contributed by atoms with Crippen molar-refractivity contribution in [2.45, 2.75) is 52.0 Å². The Labute approximate surface area is 85.2 Å². The summed E-state index contributed by atoms with van der Waals surface area (Å²) in [5.41, 5.74) is 1.27. The highest BCUT2D eigenvalue weighted by atomic mass is 16.2. The normalized spacial score (nSPS) is 27.6. The molecule has 1 heterocycles. The van der Waals surface area contributed by atoms with Crippen LogP contribution in [0.3, 0.4) is 0 Å². The van der Waals surface area contributed by atoms with Gasteiger partial charge in [0.1, 0.15) is 0 Å². The van der Waals surface area contributed by atoms with Crippen molar-refractivity contribution in [1.82, 2.24) is 5.01 Å². The first-order valence-electron chi connectivity index (χ1n) is 5.58. The quantitative estimate of drug-likeness (QED) is 0.629. The third kappa shape index (κ3) is 1.68. The Bertz CT molecular complexity index is 270. The van der Waals surface area contributed by atoms with Crippen molar-refractivity contribution in [3.8, 4) is 0 Å². The Morgan fingerprint density at radius 1 is 1.43 bits per heavy atom. The molecule has 0 aromatic rings. The van der Waals surface area contributed by atoms with Crippen LogP contribution in [0.25, 0.3) is 0 Å². The van der Waals surface area contributed by atoms with Crippen LogP contribution < -0.4 is 0 Å². The minimum Gasteiger partial charge on any atom is -0.273 e. The van der Waals surface area contributed by atoms with E-state index in [9.17, 15) is 4.79 Å². The lowest BCUT2D eigenvalue weighted by Gasteiger charge is -2.33. The van der Waals surface area contributed by atoms with Gasteiger partial charge in [-0.25, -0.2) is 5.01 Å². The van der Waals surface area contributed by atoms with Crippen LogP contribution >= 0.6 is 0 Å². The van der Waals surface area contributed by atoms with Crippen LogP contribution in [0.2, 0.25) is 0 Å². The molecule has 14 heavy (non-hydrogen) atoms. The molecule has 2 aliphatic rings. The van der Waals surface area contributed by atoms with E-state index in [0.29, 0.717) is 12.3 Å². The van der Waals surface area contributed by atoms with Crippen molar-refractivity contribution in [2.24, 2.45) is 11.0 Å². The summed E-state index contributed by atoms with van der Waals surface area (Å²) in [6.45, 7) is 4.04. The summed E-state index contributed by atoms with van der Waals surface area (Å²) in [5, 5.41) is 6.15. The Morgan fingerprint density at radius 2 is 2.21 bits per heavy atom. The molecule has 0 aromatic heterocycles. The maximum Gasteiger partial charge on any atom is 0.243 e. The lowest BCUT2D eigenvalue weighted by molar-refractivity contribution is -0.134. The van der Waals surface area contributed by atoms with Crippen LogP contribution in [0.4, 0.5) is 0 Å². The molecule has 2 rings (SSSR count). The van der Waals surface area contributed by atoms with Crippen molar-refractivity contribution in [3.05, 3.63) is 0 Å². The number of carbonyl (C=O) groups excluding carboxylic acids is 1. The second-order valence-electron chi connectivity index (χ2n) is 4.57. The molecule has 1 unspecified atom stereocenters. The molecule has 78 valence electrons. The molecular formula is C11H18N2O. The molecule has 0 radical (unpaired) electrons. The number of hydrogen-bond acceptors (Lipinski definition) is 2. The van der Waals surface area contributed by atoms with E-state index >= 15 is 0 Å². The average Bonchev–Trinajstić information content (AvgIpc) is 2.16. The minimum atomic E-state index is 0.204. The summed E-state index contributed by atoms with van der Waals surface area (Å²) in [7, 11) is 0. The molecular weight excluding hydrogens is 176 g/mol. The Hall–Kier alpha value is -0.860. The second-order valence-corrected chi connectivity index (χ2v) is 4.57. The summed E-state index contributed by atoms with van der Waals surface area (Å²) in [6, 6.07) is 0.206. The summed E-state index contributed by atoms with van der Waals surface area (Å²) in [6.07, 6.45) is 5.46. The zero-order valence-corrected chi connectivity index (χ0v) is 8.99. The van der Waals surface area contributed by atoms with Gasteiger partial charge >= 0.3 is 0 Å². The van der Waals surface area contributed by atoms with Gasteiger partial charge in [0.2, 0.25) is 5.91 Å². The second kappa shape index (κ2) is 3.71. The Morgan fingerprint density at radius 3 is 2.93 bits per heavy atom. The molecule has 3 nitrogen and oxygen atoms in total. The molecule has 0 spiro atoms. The average molecular weight is 194 g/mol. The highest BCUT2D eigenvalue weighted by molar-refractivity contribution is 5.95. The molecule has 1 saturated carbocycles. The van der Waals surface area contributed by atoms with Crippen molar-refractivity contribution in [3.63, 3.8) is 0 Å². The molecule has 0 N–H and O–H groups in total. The van der Waals surface area contributed by atoms with E-state index < -0.39 is 0 Å². The van der Waals surface area contributed by atoms with E-state index in [1.807, 2.05) is 13.8 Å². The standard InChI is InChI=1S/C11H18N2O/c1-8(2)13-11(14)7-9-5-3-4-6-10(9)12-13/h8-9H,3-7H2,1-2H3. The van der Waals surface area contributed by atoms with E-state index in [-0.39, 0.29) is 11.9 Å².